The van der Waals surface area contributed by atoms with E-state index in [0.717, 1.165) is 39.4 Å². The van der Waals surface area contributed by atoms with Crippen LogP contribution in [0.2, 0.25) is 0 Å². The lowest BCUT2D eigenvalue weighted by atomic mass is 10.1. The van der Waals surface area contributed by atoms with Crippen LogP contribution in [0.25, 0.3) is 11.4 Å². The molecule has 1 N–H and O–H groups in total. The van der Waals surface area contributed by atoms with Crippen LogP contribution in [0.1, 0.15) is 25.1 Å². The van der Waals surface area contributed by atoms with Gasteiger partial charge >= 0.3 is 0 Å². The number of rotatable bonds is 4. The van der Waals surface area contributed by atoms with Crippen LogP contribution in [0.4, 0.5) is 5.82 Å². The number of nitrogens with one attached hydrogen (secondary N) is 1. The summed E-state index contributed by atoms with van der Waals surface area (Å²) < 4.78 is 1.12. The number of nitrogens with zero attached hydrogens (tertiary/aromatic N) is 2. The third-order valence-corrected chi connectivity index (χ3v) is 4.12. The molecule has 0 fully saturated rings. The van der Waals surface area contributed by atoms with Crippen molar-refractivity contribution in [2.75, 3.05) is 11.9 Å². The maximum Gasteiger partial charge on any atom is 0.162 e. The molecule has 0 amide bonds. The van der Waals surface area contributed by atoms with E-state index in [1.165, 1.54) is 5.56 Å². The van der Waals surface area contributed by atoms with Gasteiger partial charge in [0.25, 0.3) is 0 Å². The lowest BCUT2D eigenvalue weighted by Gasteiger charge is -2.12. The molecule has 0 saturated heterocycles. The Balaban J connectivity index is 2.58. The van der Waals surface area contributed by atoms with Crippen molar-refractivity contribution in [2.45, 2.75) is 27.2 Å². The van der Waals surface area contributed by atoms with Gasteiger partial charge in [-0.1, -0.05) is 31.2 Å². The normalized spacial score (nSPS) is 10.5. The molecule has 1 aromatic heterocycles. The molecule has 19 heavy (non-hydrogen) atoms. The molecule has 0 saturated carbocycles. The lowest BCUT2D eigenvalue weighted by molar-refractivity contribution is 0.981. The van der Waals surface area contributed by atoms with Gasteiger partial charge in [-0.3, -0.25) is 0 Å². The largest absolute Gasteiger partial charge is 0.369 e. The fraction of sp³-hybridized carbons (Fsp3) is 0.333. The first-order valence-electron chi connectivity index (χ1n) is 6.53. The average Bonchev–Trinajstić information content (AvgIpc) is 2.42. The van der Waals surface area contributed by atoms with Gasteiger partial charge in [0, 0.05) is 12.1 Å². The Morgan fingerprint density at radius 3 is 2.53 bits per heavy atom. The van der Waals surface area contributed by atoms with Gasteiger partial charge in [0.15, 0.2) is 5.82 Å². The van der Waals surface area contributed by atoms with Gasteiger partial charge < -0.3 is 5.32 Å². The van der Waals surface area contributed by atoms with Crippen molar-refractivity contribution in [3.05, 3.63) is 39.1 Å². The molecule has 0 bridgehead atoms. The van der Waals surface area contributed by atoms with E-state index in [-0.39, 0.29) is 0 Å². The first-order chi connectivity index (χ1) is 9.17. The van der Waals surface area contributed by atoms with E-state index in [2.05, 4.69) is 65.8 Å². The zero-order valence-corrected chi connectivity index (χ0v) is 13.7. The van der Waals surface area contributed by atoms with E-state index in [9.17, 15) is 0 Å². The van der Waals surface area contributed by atoms with E-state index >= 15 is 0 Å². The smallest absolute Gasteiger partial charge is 0.162 e. The summed E-state index contributed by atoms with van der Waals surface area (Å²) in [5, 5.41) is 3.32. The maximum absolute atomic E-state index is 4.71. The number of anilines is 1. The highest BCUT2D eigenvalue weighted by molar-refractivity contribution is 14.1. The van der Waals surface area contributed by atoms with E-state index in [0.29, 0.717) is 0 Å². The molecule has 0 aliphatic rings. The second kappa shape index (κ2) is 6.32. The highest BCUT2D eigenvalue weighted by atomic mass is 127. The third-order valence-electron chi connectivity index (χ3n) is 2.98. The third kappa shape index (κ3) is 3.05. The molecule has 1 heterocycles. The summed E-state index contributed by atoms with van der Waals surface area (Å²) in [5.41, 5.74) is 3.41. The number of aryl methyl sites for hydroxylation is 2. The molecule has 3 nitrogen and oxygen atoms in total. The number of hydrogen-bond acceptors (Lipinski definition) is 3. The zero-order valence-electron chi connectivity index (χ0n) is 11.5. The van der Waals surface area contributed by atoms with Gasteiger partial charge in [-0.05, 0) is 48.4 Å². The fourth-order valence-corrected chi connectivity index (χ4v) is 2.77. The molecule has 1 aromatic carbocycles. The molecule has 4 heteroatoms. The highest BCUT2D eigenvalue weighted by Crippen LogP contribution is 2.26. The quantitative estimate of drug-likeness (QED) is 0.829. The van der Waals surface area contributed by atoms with Gasteiger partial charge in [-0.15, -0.1) is 0 Å². The Kier molecular flexibility index (Phi) is 4.74. The first-order valence-corrected chi connectivity index (χ1v) is 7.61. The second-order valence-electron chi connectivity index (χ2n) is 4.36. The summed E-state index contributed by atoms with van der Waals surface area (Å²) in [6, 6.07) is 8.24. The van der Waals surface area contributed by atoms with Crippen molar-refractivity contribution < 1.29 is 0 Å². The molecule has 0 radical (unpaired) electrons. The molecule has 0 aliphatic carbocycles. The van der Waals surface area contributed by atoms with E-state index in [1.54, 1.807) is 0 Å². The molecule has 100 valence electrons. The molecule has 0 aliphatic heterocycles. The number of halogens is 1. The standard InChI is InChI=1S/C15H18IN3/c1-4-12-13(16)15(17-5-2)19-14(18-12)11-9-7-6-8-10(11)3/h6-9H,4-5H2,1-3H3,(H,17,18,19). The van der Waals surface area contributed by atoms with Crippen molar-refractivity contribution in [3.63, 3.8) is 0 Å². The van der Waals surface area contributed by atoms with Crippen LogP contribution in [-0.2, 0) is 6.42 Å². The van der Waals surface area contributed by atoms with E-state index in [4.69, 9.17) is 4.98 Å². The minimum atomic E-state index is 0.811. The predicted molar refractivity (Wildman–Crippen MR) is 88.5 cm³/mol. The molecule has 2 aromatic rings. The van der Waals surface area contributed by atoms with Crippen LogP contribution in [0, 0.1) is 10.5 Å². The van der Waals surface area contributed by atoms with Crippen molar-refractivity contribution in [1.29, 1.82) is 0 Å². The summed E-state index contributed by atoms with van der Waals surface area (Å²) >= 11 is 2.32. The van der Waals surface area contributed by atoms with Crippen LogP contribution in [0.5, 0.6) is 0 Å². The fourth-order valence-electron chi connectivity index (χ4n) is 1.96. The van der Waals surface area contributed by atoms with Crippen molar-refractivity contribution in [2.24, 2.45) is 0 Å². The van der Waals surface area contributed by atoms with Crippen LogP contribution < -0.4 is 5.32 Å². The van der Waals surface area contributed by atoms with Crippen molar-refractivity contribution >= 4 is 28.4 Å². The SMILES string of the molecule is CCNc1nc(-c2ccccc2C)nc(CC)c1I. The molecule has 2 rings (SSSR count). The Labute approximate surface area is 128 Å². The van der Waals surface area contributed by atoms with Crippen LogP contribution in [0.3, 0.4) is 0 Å². The molecule has 0 unspecified atom stereocenters. The molecule has 0 atom stereocenters. The average molecular weight is 367 g/mol. The zero-order chi connectivity index (χ0) is 13.8. The van der Waals surface area contributed by atoms with Gasteiger partial charge in [-0.2, -0.15) is 0 Å². The monoisotopic (exact) mass is 367 g/mol. The molecule has 0 spiro atoms. The predicted octanol–water partition coefficient (Wildman–Crippen LogP) is 4.05. The highest BCUT2D eigenvalue weighted by Gasteiger charge is 2.12. The maximum atomic E-state index is 4.71. The Bertz CT molecular complexity index is 582. The van der Waals surface area contributed by atoms with E-state index < -0.39 is 0 Å². The Morgan fingerprint density at radius 1 is 1.16 bits per heavy atom. The van der Waals surface area contributed by atoms with Gasteiger partial charge in [0.2, 0.25) is 0 Å². The lowest BCUT2D eigenvalue weighted by Crippen LogP contribution is -2.08. The van der Waals surface area contributed by atoms with Gasteiger partial charge in [0.1, 0.15) is 5.82 Å². The van der Waals surface area contributed by atoms with Gasteiger partial charge in [-0.25, -0.2) is 9.97 Å². The molecular weight excluding hydrogens is 349 g/mol. The summed E-state index contributed by atoms with van der Waals surface area (Å²) in [5.74, 6) is 1.75. The van der Waals surface area contributed by atoms with E-state index in [1.807, 2.05) is 12.1 Å². The second-order valence-corrected chi connectivity index (χ2v) is 5.43. The van der Waals surface area contributed by atoms with Crippen LogP contribution in [-0.4, -0.2) is 16.5 Å². The minimum absolute atomic E-state index is 0.811. The topological polar surface area (TPSA) is 37.8 Å². The number of benzene rings is 1. The van der Waals surface area contributed by atoms with Crippen LogP contribution >= 0.6 is 22.6 Å². The Morgan fingerprint density at radius 2 is 1.89 bits per heavy atom. The summed E-state index contributed by atoms with van der Waals surface area (Å²) in [6.45, 7) is 7.16. The Hall–Kier alpha value is -1.17. The minimum Gasteiger partial charge on any atom is -0.369 e. The summed E-state index contributed by atoms with van der Waals surface area (Å²) in [7, 11) is 0. The number of hydrogen-bond donors (Lipinski definition) is 1. The molecular formula is C15H18IN3. The summed E-state index contributed by atoms with van der Waals surface area (Å²) in [4.78, 5) is 9.38. The first kappa shape index (κ1) is 14.2. The number of aromatic nitrogens is 2. The van der Waals surface area contributed by atoms with Crippen molar-refractivity contribution in [1.82, 2.24) is 9.97 Å². The van der Waals surface area contributed by atoms with Gasteiger partial charge in [0.05, 0.1) is 9.26 Å². The van der Waals surface area contributed by atoms with Crippen LogP contribution in [0.15, 0.2) is 24.3 Å². The van der Waals surface area contributed by atoms with Crippen molar-refractivity contribution in [3.8, 4) is 11.4 Å². The summed E-state index contributed by atoms with van der Waals surface area (Å²) in [6.07, 6.45) is 0.915.